The number of aromatic nitrogens is 2. The summed E-state index contributed by atoms with van der Waals surface area (Å²) in [6.07, 6.45) is 2.52. The van der Waals surface area contributed by atoms with Crippen molar-refractivity contribution in [2.75, 3.05) is 25.0 Å². The van der Waals surface area contributed by atoms with Gasteiger partial charge >= 0.3 is 0 Å². The molecule has 0 atom stereocenters. The van der Waals surface area contributed by atoms with E-state index in [1.807, 2.05) is 54.9 Å². The second kappa shape index (κ2) is 8.54. The molecule has 0 aliphatic carbocycles. The minimum Gasteiger partial charge on any atom is -0.375 e. The van der Waals surface area contributed by atoms with E-state index in [-0.39, 0.29) is 5.91 Å². The van der Waals surface area contributed by atoms with Crippen LogP contribution >= 0.6 is 0 Å². The molecular formula is C22H26N4O. The van der Waals surface area contributed by atoms with E-state index in [0.717, 1.165) is 29.9 Å². The highest BCUT2D eigenvalue weighted by molar-refractivity contribution is 5.95. The van der Waals surface area contributed by atoms with Gasteiger partial charge in [-0.3, -0.25) is 4.79 Å². The fourth-order valence-electron chi connectivity index (χ4n) is 3.08. The highest BCUT2D eigenvalue weighted by Gasteiger charge is 2.14. The summed E-state index contributed by atoms with van der Waals surface area (Å²) in [5.41, 5.74) is 4.78. The molecule has 0 aliphatic rings. The molecule has 140 valence electrons. The molecule has 3 rings (SSSR count). The number of amides is 1. The fourth-order valence-corrected chi connectivity index (χ4v) is 3.08. The van der Waals surface area contributed by atoms with Crippen LogP contribution < -0.4 is 10.2 Å². The maximum atomic E-state index is 12.5. The van der Waals surface area contributed by atoms with Crippen LogP contribution in [0.3, 0.4) is 0 Å². The standard InChI is InChI=1S/C22H26N4O/c1-17-9-7-12-20(15-17)26-18(2)21(16-24-26)22(27)23-13-8-14-25(3)19-10-5-4-6-11-19/h4-7,9-12,15-16H,8,13-14H2,1-3H3,(H,23,27). The third-order valence-corrected chi connectivity index (χ3v) is 4.65. The largest absolute Gasteiger partial charge is 0.375 e. The molecule has 0 bridgehead atoms. The van der Waals surface area contributed by atoms with Gasteiger partial charge in [-0.25, -0.2) is 4.68 Å². The van der Waals surface area contributed by atoms with Crippen LogP contribution in [-0.4, -0.2) is 35.8 Å². The second-order valence-corrected chi connectivity index (χ2v) is 6.76. The monoisotopic (exact) mass is 362 g/mol. The molecular weight excluding hydrogens is 336 g/mol. The first-order valence-corrected chi connectivity index (χ1v) is 9.22. The number of para-hydroxylation sites is 1. The number of carbonyl (C=O) groups excluding carboxylic acids is 1. The first-order valence-electron chi connectivity index (χ1n) is 9.22. The van der Waals surface area contributed by atoms with Crippen molar-refractivity contribution in [1.29, 1.82) is 0 Å². The molecule has 0 aliphatic heterocycles. The summed E-state index contributed by atoms with van der Waals surface area (Å²) in [6, 6.07) is 18.3. The SMILES string of the molecule is Cc1cccc(-n2ncc(C(=O)NCCCN(C)c3ccccc3)c2C)c1. The highest BCUT2D eigenvalue weighted by atomic mass is 16.1. The Morgan fingerprint density at radius 2 is 1.89 bits per heavy atom. The van der Waals surface area contributed by atoms with E-state index in [0.29, 0.717) is 12.1 Å². The van der Waals surface area contributed by atoms with Gasteiger partial charge in [0.1, 0.15) is 0 Å². The molecule has 5 heteroatoms. The number of aryl methyl sites for hydroxylation is 1. The molecule has 0 unspecified atom stereocenters. The van der Waals surface area contributed by atoms with Crippen LogP contribution in [0.25, 0.3) is 5.69 Å². The zero-order valence-electron chi connectivity index (χ0n) is 16.1. The first-order chi connectivity index (χ1) is 13.1. The molecule has 0 radical (unpaired) electrons. The van der Waals surface area contributed by atoms with E-state index in [1.54, 1.807) is 6.20 Å². The summed E-state index contributed by atoms with van der Waals surface area (Å²) in [7, 11) is 2.06. The van der Waals surface area contributed by atoms with Crippen molar-refractivity contribution in [2.24, 2.45) is 0 Å². The van der Waals surface area contributed by atoms with E-state index in [4.69, 9.17) is 0 Å². The Morgan fingerprint density at radius 3 is 2.63 bits per heavy atom. The highest BCUT2D eigenvalue weighted by Crippen LogP contribution is 2.15. The van der Waals surface area contributed by atoms with Crippen LogP contribution in [0.2, 0.25) is 0 Å². The molecule has 5 nitrogen and oxygen atoms in total. The number of carbonyl (C=O) groups is 1. The van der Waals surface area contributed by atoms with Gasteiger partial charge in [-0.15, -0.1) is 0 Å². The molecule has 1 heterocycles. The number of hydrogen-bond acceptors (Lipinski definition) is 3. The number of hydrogen-bond donors (Lipinski definition) is 1. The molecule has 0 saturated carbocycles. The van der Waals surface area contributed by atoms with Crippen molar-refractivity contribution in [3.8, 4) is 5.69 Å². The minimum atomic E-state index is -0.0752. The van der Waals surface area contributed by atoms with Crippen molar-refractivity contribution >= 4 is 11.6 Å². The molecule has 1 amide bonds. The number of benzene rings is 2. The number of anilines is 1. The molecule has 0 spiro atoms. The quantitative estimate of drug-likeness (QED) is 0.651. The predicted octanol–water partition coefficient (Wildman–Crippen LogP) is 3.75. The van der Waals surface area contributed by atoms with Gasteiger partial charge in [0.25, 0.3) is 5.91 Å². The zero-order chi connectivity index (χ0) is 19.2. The van der Waals surface area contributed by atoms with E-state index >= 15 is 0 Å². The van der Waals surface area contributed by atoms with Crippen molar-refractivity contribution in [2.45, 2.75) is 20.3 Å². The summed E-state index contributed by atoms with van der Waals surface area (Å²) in [4.78, 5) is 14.7. The van der Waals surface area contributed by atoms with Crippen molar-refractivity contribution in [3.05, 3.63) is 77.6 Å². The van der Waals surface area contributed by atoms with E-state index in [2.05, 4.69) is 40.6 Å². The van der Waals surface area contributed by atoms with Gasteiger partial charge in [0, 0.05) is 25.8 Å². The van der Waals surface area contributed by atoms with Gasteiger partial charge < -0.3 is 10.2 Å². The third kappa shape index (κ3) is 4.56. The van der Waals surface area contributed by atoms with Gasteiger partial charge in [-0.1, -0.05) is 30.3 Å². The summed E-state index contributed by atoms with van der Waals surface area (Å²) >= 11 is 0. The summed E-state index contributed by atoms with van der Waals surface area (Å²) in [5.74, 6) is -0.0752. The third-order valence-electron chi connectivity index (χ3n) is 4.65. The van der Waals surface area contributed by atoms with Crippen LogP contribution in [0.1, 0.15) is 28.0 Å². The van der Waals surface area contributed by atoms with Crippen molar-refractivity contribution in [3.63, 3.8) is 0 Å². The smallest absolute Gasteiger partial charge is 0.254 e. The minimum absolute atomic E-state index is 0.0752. The maximum absolute atomic E-state index is 12.5. The van der Waals surface area contributed by atoms with E-state index in [9.17, 15) is 4.79 Å². The maximum Gasteiger partial charge on any atom is 0.254 e. The molecule has 1 N–H and O–H groups in total. The Kier molecular flexibility index (Phi) is 5.91. The van der Waals surface area contributed by atoms with Gasteiger partial charge in [-0.05, 0) is 50.1 Å². The molecule has 1 aromatic heterocycles. The Balaban J connectivity index is 1.54. The average molecular weight is 362 g/mol. The summed E-state index contributed by atoms with van der Waals surface area (Å²) in [6.45, 7) is 5.48. The molecule has 2 aromatic carbocycles. The summed E-state index contributed by atoms with van der Waals surface area (Å²) in [5, 5.41) is 7.40. The van der Waals surface area contributed by atoms with E-state index < -0.39 is 0 Å². The molecule has 0 saturated heterocycles. The number of nitrogens with one attached hydrogen (secondary N) is 1. The second-order valence-electron chi connectivity index (χ2n) is 6.76. The molecule has 0 fully saturated rings. The van der Waals surface area contributed by atoms with Gasteiger partial charge in [0.05, 0.1) is 23.1 Å². The lowest BCUT2D eigenvalue weighted by Gasteiger charge is -2.19. The van der Waals surface area contributed by atoms with Gasteiger partial charge in [0.2, 0.25) is 0 Å². The Morgan fingerprint density at radius 1 is 1.11 bits per heavy atom. The lowest BCUT2D eigenvalue weighted by molar-refractivity contribution is 0.0953. The van der Waals surface area contributed by atoms with Gasteiger partial charge in [0.15, 0.2) is 0 Å². The number of nitrogens with zero attached hydrogens (tertiary/aromatic N) is 3. The lowest BCUT2D eigenvalue weighted by atomic mass is 10.2. The Labute approximate surface area is 160 Å². The van der Waals surface area contributed by atoms with Crippen LogP contribution in [0, 0.1) is 13.8 Å². The predicted molar refractivity (Wildman–Crippen MR) is 110 cm³/mol. The van der Waals surface area contributed by atoms with Crippen molar-refractivity contribution in [1.82, 2.24) is 15.1 Å². The van der Waals surface area contributed by atoms with Crippen LogP contribution in [-0.2, 0) is 0 Å². The van der Waals surface area contributed by atoms with Crippen LogP contribution in [0.5, 0.6) is 0 Å². The van der Waals surface area contributed by atoms with Crippen LogP contribution in [0.15, 0.2) is 60.8 Å². The van der Waals surface area contributed by atoms with Crippen LogP contribution in [0.4, 0.5) is 5.69 Å². The Hall–Kier alpha value is -3.08. The fraction of sp³-hybridized carbons (Fsp3) is 0.273. The van der Waals surface area contributed by atoms with Gasteiger partial charge in [-0.2, -0.15) is 5.10 Å². The van der Waals surface area contributed by atoms with Crippen molar-refractivity contribution < 1.29 is 4.79 Å². The normalized spacial score (nSPS) is 10.6. The molecule has 3 aromatic rings. The molecule has 27 heavy (non-hydrogen) atoms. The summed E-state index contributed by atoms with van der Waals surface area (Å²) < 4.78 is 1.81. The van der Waals surface area contributed by atoms with E-state index in [1.165, 1.54) is 5.69 Å². The topological polar surface area (TPSA) is 50.2 Å². The Bertz CT molecular complexity index is 902. The first kappa shape index (κ1) is 18.7. The average Bonchev–Trinajstić information content (AvgIpc) is 3.07. The zero-order valence-corrected chi connectivity index (χ0v) is 16.1. The lowest BCUT2D eigenvalue weighted by Crippen LogP contribution is -2.28. The number of rotatable bonds is 7.